The predicted octanol–water partition coefficient (Wildman–Crippen LogP) is 5.39. The molecule has 0 fully saturated rings. The number of alkyl halides is 1. The molecule has 1 amide bonds. The van der Waals surface area contributed by atoms with E-state index in [4.69, 9.17) is 4.74 Å². The molecule has 0 saturated heterocycles. The van der Waals surface area contributed by atoms with Gasteiger partial charge < -0.3 is 10.1 Å². The lowest BCUT2D eigenvalue weighted by atomic mass is 10.0. The molecule has 3 aromatic rings. The number of carbonyl (C=O) groups excluding carboxylic acids is 1. The Morgan fingerprint density at radius 3 is 1.79 bits per heavy atom. The third-order valence-corrected chi connectivity index (χ3v) is 10.7. The fraction of sp³-hybridized carbons (Fsp3) is 0.321. The molecule has 0 unspecified atom stereocenters. The maximum Gasteiger partial charge on any atom is 0.407 e. The molecule has 0 heterocycles. The summed E-state index contributed by atoms with van der Waals surface area (Å²) in [5, 5.41) is 2.51. The lowest BCUT2D eigenvalue weighted by Gasteiger charge is -2.30. The van der Waals surface area contributed by atoms with Gasteiger partial charge in [0.2, 0.25) is 19.7 Å². The quantitative estimate of drug-likeness (QED) is 0.375. The van der Waals surface area contributed by atoms with Crippen LogP contribution in [0.4, 0.5) is 9.18 Å². The molecule has 0 aliphatic heterocycles. The van der Waals surface area contributed by atoms with Gasteiger partial charge in [-0.3, -0.25) is 0 Å². The van der Waals surface area contributed by atoms with Gasteiger partial charge >= 0.3 is 10.4 Å². The van der Waals surface area contributed by atoms with Crippen molar-refractivity contribution in [3.63, 3.8) is 0 Å². The summed E-state index contributed by atoms with van der Waals surface area (Å²) in [4.78, 5) is 11.7. The van der Waals surface area contributed by atoms with Crippen LogP contribution in [0.1, 0.15) is 38.3 Å². The molecule has 0 spiro atoms. The Hall–Kier alpha value is -3.24. The van der Waals surface area contributed by atoms with E-state index in [1.54, 1.807) is 39.0 Å². The van der Waals surface area contributed by atoms with Gasteiger partial charge in [-0.05, 0) is 63.9 Å². The molecule has 38 heavy (non-hydrogen) atoms. The van der Waals surface area contributed by atoms with Crippen LogP contribution >= 0.6 is 0 Å². The van der Waals surface area contributed by atoms with Crippen LogP contribution in [-0.4, -0.2) is 38.9 Å². The van der Waals surface area contributed by atoms with Crippen LogP contribution in [0.2, 0.25) is 0 Å². The summed E-state index contributed by atoms with van der Waals surface area (Å²) < 4.78 is 73.6. The van der Waals surface area contributed by atoms with E-state index in [1.807, 2.05) is 13.0 Å². The number of benzene rings is 3. The van der Waals surface area contributed by atoms with Crippen LogP contribution in [0, 0.1) is 6.92 Å². The van der Waals surface area contributed by atoms with E-state index in [-0.39, 0.29) is 6.42 Å². The van der Waals surface area contributed by atoms with E-state index in [9.17, 15) is 21.6 Å². The summed E-state index contributed by atoms with van der Waals surface area (Å²) in [6, 6.07) is 19.0. The van der Waals surface area contributed by atoms with Crippen molar-refractivity contribution >= 4 is 25.8 Å². The minimum atomic E-state index is -5.12. The summed E-state index contributed by atoms with van der Waals surface area (Å²) in [6.07, 6.45) is -2.04. The van der Waals surface area contributed by atoms with E-state index in [2.05, 4.69) is 5.32 Å². The summed E-state index contributed by atoms with van der Waals surface area (Å²) >= 11 is 0. The minimum absolute atomic E-state index is 0.0405. The Morgan fingerprint density at radius 1 is 0.842 bits per heavy atom. The molecule has 3 rings (SSSR count). The number of rotatable bonds is 9. The molecule has 0 aliphatic rings. The molecule has 204 valence electrons. The van der Waals surface area contributed by atoms with Crippen molar-refractivity contribution in [1.29, 1.82) is 0 Å². The Balaban J connectivity index is 2.15. The normalized spacial score (nSPS) is 13.5. The fourth-order valence-electron chi connectivity index (χ4n) is 3.98. The van der Waals surface area contributed by atoms with Crippen molar-refractivity contribution in [1.82, 2.24) is 5.32 Å². The zero-order valence-corrected chi connectivity index (χ0v) is 23.4. The highest BCUT2D eigenvalue weighted by Gasteiger charge is 2.58. The average Bonchev–Trinajstić information content (AvgIpc) is 2.83. The van der Waals surface area contributed by atoms with Crippen LogP contribution in [0.25, 0.3) is 0 Å². The number of nitrogens with one attached hydrogen (secondary N) is 1. The molecule has 0 saturated carbocycles. The van der Waals surface area contributed by atoms with Gasteiger partial charge in [-0.15, -0.1) is 0 Å². The van der Waals surface area contributed by atoms with E-state index in [0.29, 0.717) is 5.56 Å². The maximum absolute atomic E-state index is 17.2. The van der Waals surface area contributed by atoms with Crippen molar-refractivity contribution in [2.75, 3.05) is 0 Å². The molecule has 0 radical (unpaired) electrons. The average molecular weight is 562 g/mol. The largest absolute Gasteiger partial charge is 0.444 e. The monoisotopic (exact) mass is 561 g/mol. The van der Waals surface area contributed by atoms with Gasteiger partial charge in [-0.25, -0.2) is 26.0 Å². The molecule has 1 N–H and O–H groups in total. The number of carbonyl (C=O) groups is 1. The van der Waals surface area contributed by atoms with Crippen molar-refractivity contribution in [3.8, 4) is 0 Å². The first-order chi connectivity index (χ1) is 17.7. The Kier molecular flexibility index (Phi) is 8.68. The number of alkyl carbamates (subject to hydrolysis) is 1. The summed E-state index contributed by atoms with van der Waals surface area (Å²) in [5.41, 5.74) is 0.651. The van der Waals surface area contributed by atoms with Crippen LogP contribution in [0.15, 0.2) is 94.7 Å². The van der Waals surface area contributed by atoms with Gasteiger partial charge in [0.05, 0.1) is 9.79 Å². The smallest absolute Gasteiger partial charge is 0.407 e. The molecule has 0 aromatic heterocycles. The molecule has 7 nitrogen and oxygen atoms in total. The van der Waals surface area contributed by atoms with Crippen molar-refractivity contribution in [2.45, 2.75) is 66.3 Å². The highest BCUT2D eigenvalue weighted by atomic mass is 32.3. The molecular weight excluding hydrogens is 529 g/mol. The number of hydrogen-bond acceptors (Lipinski definition) is 6. The van der Waals surface area contributed by atoms with Crippen molar-refractivity contribution in [2.24, 2.45) is 0 Å². The lowest BCUT2D eigenvalue weighted by Crippen LogP contribution is -2.50. The number of sulfone groups is 2. The van der Waals surface area contributed by atoms with Crippen LogP contribution in [0.5, 0.6) is 0 Å². The van der Waals surface area contributed by atoms with Gasteiger partial charge in [0, 0.05) is 12.5 Å². The predicted molar refractivity (Wildman–Crippen MR) is 144 cm³/mol. The van der Waals surface area contributed by atoms with Gasteiger partial charge in [0.15, 0.2) is 0 Å². The molecule has 10 heteroatoms. The van der Waals surface area contributed by atoms with Crippen molar-refractivity contribution < 1.29 is 30.8 Å². The highest BCUT2D eigenvalue weighted by Crippen LogP contribution is 2.41. The van der Waals surface area contributed by atoms with E-state index < -0.39 is 58.0 Å². The fourth-order valence-corrected chi connectivity index (χ4v) is 8.29. The molecule has 0 bridgehead atoms. The van der Waals surface area contributed by atoms with E-state index in [0.717, 1.165) is 29.8 Å². The first kappa shape index (κ1) is 29.3. The van der Waals surface area contributed by atoms with Crippen LogP contribution in [-0.2, 0) is 30.8 Å². The Morgan fingerprint density at radius 2 is 1.34 bits per heavy atom. The molecular formula is C28H32FNO6S2. The minimum Gasteiger partial charge on any atom is -0.444 e. The van der Waals surface area contributed by atoms with Gasteiger partial charge in [0.25, 0.3) is 0 Å². The van der Waals surface area contributed by atoms with Crippen molar-refractivity contribution in [3.05, 3.63) is 96.1 Å². The number of halogens is 1. The van der Waals surface area contributed by atoms with Crippen LogP contribution < -0.4 is 5.32 Å². The Labute approximate surface area is 223 Å². The topological polar surface area (TPSA) is 107 Å². The second-order valence-electron chi connectivity index (χ2n) is 10.0. The second kappa shape index (κ2) is 11.2. The molecule has 0 aliphatic carbocycles. The van der Waals surface area contributed by atoms with Gasteiger partial charge in [0.1, 0.15) is 5.60 Å². The Bertz CT molecular complexity index is 1400. The lowest BCUT2D eigenvalue weighted by molar-refractivity contribution is 0.0496. The standard InChI is InChI=1S/C28H32FNO6S2/c1-21-12-11-13-22(18-21)19-23(30-26(31)36-27(2,3)4)20-28(29,37(32,33)24-14-7-5-8-15-24)38(34,35)25-16-9-6-10-17-25/h5-18,23H,19-20H2,1-4H3,(H,30,31)/t23-/m0/s1. The summed E-state index contributed by atoms with van der Waals surface area (Å²) in [6.45, 7) is 6.77. The van der Waals surface area contributed by atoms with E-state index >= 15 is 4.39 Å². The maximum atomic E-state index is 17.2. The van der Waals surface area contributed by atoms with Crippen LogP contribution in [0.3, 0.4) is 0 Å². The molecule has 1 atom stereocenters. The number of hydrogen-bond donors (Lipinski definition) is 1. The van der Waals surface area contributed by atoms with E-state index in [1.165, 1.54) is 36.4 Å². The number of aryl methyl sites for hydroxylation is 1. The first-order valence-electron chi connectivity index (χ1n) is 12.0. The first-order valence-corrected chi connectivity index (χ1v) is 15.0. The second-order valence-corrected chi connectivity index (χ2v) is 14.5. The van der Waals surface area contributed by atoms with Gasteiger partial charge in [-0.1, -0.05) is 66.2 Å². The number of amides is 1. The SMILES string of the molecule is Cc1cccc(C[C@@H](CC(F)(S(=O)(=O)c2ccccc2)S(=O)(=O)c2ccccc2)NC(=O)OC(C)(C)C)c1. The zero-order chi connectivity index (χ0) is 28.2. The summed E-state index contributed by atoms with van der Waals surface area (Å²) in [7, 11) is -10.2. The van der Waals surface area contributed by atoms with Gasteiger partial charge in [-0.2, -0.15) is 0 Å². The number of ether oxygens (including phenoxy) is 1. The third-order valence-electron chi connectivity index (χ3n) is 5.69. The third kappa shape index (κ3) is 6.60. The molecule has 3 aromatic carbocycles. The summed E-state index contributed by atoms with van der Waals surface area (Å²) in [5.74, 6) is 0. The highest BCUT2D eigenvalue weighted by molar-refractivity contribution is 8.10. The zero-order valence-electron chi connectivity index (χ0n) is 21.7.